The first kappa shape index (κ1) is 20.0. The van der Waals surface area contributed by atoms with Gasteiger partial charge in [-0.2, -0.15) is 0 Å². The lowest BCUT2D eigenvalue weighted by atomic mass is 10.2. The van der Waals surface area contributed by atoms with Crippen LogP contribution in [0.4, 0.5) is 4.39 Å². The van der Waals surface area contributed by atoms with Crippen molar-refractivity contribution in [3.63, 3.8) is 0 Å². The third kappa shape index (κ3) is 4.46. The smallest absolute Gasteiger partial charge is 0.278 e. The molecule has 30 heavy (non-hydrogen) atoms. The third-order valence-electron chi connectivity index (χ3n) is 4.47. The second-order valence-electron chi connectivity index (χ2n) is 6.77. The van der Waals surface area contributed by atoms with Crippen molar-refractivity contribution in [2.75, 3.05) is 5.75 Å². The van der Waals surface area contributed by atoms with Gasteiger partial charge in [0.25, 0.3) is 5.56 Å². The van der Waals surface area contributed by atoms with Gasteiger partial charge in [0.15, 0.2) is 5.16 Å². The molecule has 0 atom stereocenters. The fourth-order valence-electron chi connectivity index (χ4n) is 3.00. The van der Waals surface area contributed by atoms with E-state index in [0.29, 0.717) is 28.5 Å². The highest BCUT2D eigenvalue weighted by Gasteiger charge is 2.16. The standard InChI is InChI=1S/C21H19FN4O3S/c1-13-9-17-19(24-13)20(28)26(11-16-3-2-8-29-16)21(25-17)30-12-18(27)23-10-14-4-6-15(22)7-5-14/h2-9,24H,10-12H2,1H3,(H,23,27). The number of furan rings is 1. The molecule has 0 unspecified atom stereocenters. The molecule has 0 fully saturated rings. The summed E-state index contributed by atoms with van der Waals surface area (Å²) in [5.74, 6) is 0.162. The van der Waals surface area contributed by atoms with Crippen LogP contribution in [0.3, 0.4) is 0 Å². The molecule has 3 heterocycles. The van der Waals surface area contributed by atoms with Crippen molar-refractivity contribution < 1.29 is 13.6 Å². The van der Waals surface area contributed by atoms with E-state index in [9.17, 15) is 14.0 Å². The van der Waals surface area contributed by atoms with Crippen molar-refractivity contribution in [2.24, 2.45) is 0 Å². The number of benzene rings is 1. The largest absolute Gasteiger partial charge is 0.467 e. The van der Waals surface area contributed by atoms with Gasteiger partial charge in [-0.15, -0.1) is 0 Å². The van der Waals surface area contributed by atoms with Crippen LogP contribution in [0.1, 0.15) is 17.0 Å². The number of aryl methyl sites for hydroxylation is 1. The quantitative estimate of drug-likeness (QED) is 0.350. The van der Waals surface area contributed by atoms with Crippen molar-refractivity contribution in [2.45, 2.75) is 25.2 Å². The van der Waals surface area contributed by atoms with Crippen molar-refractivity contribution >= 4 is 28.7 Å². The van der Waals surface area contributed by atoms with Crippen molar-refractivity contribution in [3.05, 3.63) is 81.9 Å². The molecule has 0 saturated heterocycles. The zero-order chi connectivity index (χ0) is 21.1. The molecule has 0 aliphatic heterocycles. The number of carbonyl (C=O) groups is 1. The number of nitrogens with one attached hydrogen (secondary N) is 2. The van der Waals surface area contributed by atoms with Crippen LogP contribution in [0.2, 0.25) is 0 Å². The molecule has 0 saturated carbocycles. The molecule has 4 rings (SSSR count). The number of thioether (sulfide) groups is 1. The summed E-state index contributed by atoms with van der Waals surface area (Å²) in [5.41, 5.74) is 2.38. The Kier molecular flexibility index (Phi) is 5.71. The summed E-state index contributed by atoms with van der Waals surface area (Å²) in [5, 5.41) is 3.22. The molecule has 1 amide bonds. The van der Waals surface area contributed by atoms with Crippen molar-refractivity contribution in [1.29, 1.82) is 0 Å². The highest BCUT2D eigenvalue weighted by atomic mass is 32.2. The monoisotopic (exact) mass is 426 g/mol. The predicted octanol–water partition coefficient (Wildman–Crippen LogP) is 3.22. The topological polar surface area (TPSA) is 92.9 Å². The van der Waals surface area contributed by atoms with Crippen LogP contribution in [-0.2, 0) is 17.9 Å². The zero-order valence-corrected chi connectivity index (χ0v) is 17.0. The summed E-state index contributed by atoms with van der Waals surface area (Å²) in [6, 6.07) is 11.3. The minimum Gasteiger partial charge on any atom is -0.467 e. The van der Waals surface area contributed by atoms with E-state index in [1.807, 2.05) is 6.92 Å². The summed E-state index contributed by atoms with van der Waals surface area (Å²) in [7, 11) is 0. The van der Waals surface area contributed by atoms with Crippen molar-refractivity contribution in [1.82, 2.24) is 19.9 Å². The minimum absolute atomic E-state index is 0.0840. The van der Waals surface area contributed by atoms with Crippen LogP contribution in [0.25, 0.3) is 11.0 Å². The summed E-state index contributed by atoms with van der Waals surface area (Å²) < 4.78 is 19.8. The van der Waals surface area contributed by atoms with Gasteiger partial charge in [-0.1, -0.05) is 23.9 Å². The molecule has 9 heteroatoms. The number of carbonyl (C=O) groups excluding carboxylic acids is 1. The maximum absolute atomic E-state index is 13.0. The number of H-pyrrole nitrogens is 1. The zero-order valence-electron chi connectivity index (χ0n) is 16.1. The summed E-state index contributed by atoms with van der Waals surface area (Å²) in [6.07, 6.45) is 1.54. The average Bonchev–Trinajstić information content (AvgIpc) is 3.37. The molecule has 0 radical (unpaired) electrons. The Morgan fingerprint density at radius 2 is 2.10 bits per heavy atom. The highest BCUT2D eigenvalue weighted by molar-refractivity contribution is 7.99. The van der Waals surface area contributed by atoms with E-state index < -0.39 is 0 Å². The Bertz CT molecular complexity index is 1230. The van der Waals surface area contributed by atoms with Crippen LogP contribution >= 0.6 is 11.8 Å². The first-order valence-corrected chi connectivity index (χ1v) is 10.2. The van der Waals surface area contributed by atoms with Crippen LogP contribution in [0, 0.1) is 12.7 Å². The number of rotatable bonds is 7. The Labute approximate surface area is 175 Å². The van der Waals surface area contributed by atoms with E-state index >= 15 is 0 Å². The van der Waals surface area contributed by atoms with Gasteiger partial charge in [0.1, 0.15) is 17.1 Å². The van der Waals surface area contributed by atoms with Gasteiger partial charge in [0, 0.05) is 12.2 Å². The second kappa shape index (κ2) is 8.58. The fraction of sp³-hybridized carbons (Fsp3) is 0.190. The number of nitrogens with zero attached hydrogens (tertiary/aromatic N) is 2. The predicted molar refractivity (Wildman–Crippen MR) is 112 cm³/mol. The van der Waals surface area contributed by atoms with Crippen LogP contribution in [0.5, 0.6) is 0 Å². The molecule has 0 aliphatic carbocycles. The van der Waals surface area contributed by atoms with E-state index in [1.165, 1.54) is 28.5 Å². The maximum Gasteiger partial charge on any atom is 0.278 e. The normalized spacial score (nSPS) is 11.1. The number of halogens is 1. The number of aromatic nitrogens is 3. The van der Waals surface area contributed by atoms with Gasteiger partial charge in [-0.05, 0) is 42.8 Å². The van der Waals surface area contributed by atoms with Gasteiger partial charge in [0.05, 0.1) is 24.1 Å². The van der Waals surface area contributed by atoms with E-state index in [-0.39, 0.29) is 29.6 Å². The second-order valence-corrected chi connectivity index (χ2v) is 7.71. The fourth-order valence-corrected chi connectivity index (χ4v) is 3.83. The molecule has 7 nitrogen and oxygen atoms in total. The first-order valence-electron chi connectivity index (χ1n) is 9.26. The Hall–Kier alpha value is -3.33. The Balaban J connectivity index is 1.51. The van der Waals surface area contributed by atoms with E-state index in [4.69, 9.17) is 4.42 Å². The molecule has 1 aromatic carbocycles. The molecule has 0 aliphatic rings. The third-order valence-corrected chi connectivity index (χ3v) is 5.44. The van der Waals surface area contributed by atoms with Gasteiger partial charge >= 0.3 is 0 Å². The lowest BCUT2D eigenvalue weighted by Gasteiger charge is -2.11. The highest BCUT2D eigenvalue weighted by Crippen LogP contribution is 2.19. The summed E-state index contributed by atoms with van der Waals surface area (Å²) in [4.78, 5) is 32.9. The SMILES string of the molecule is Cc1cc2nc(SCC(=O)NCc3ccc(F)cc3)n(Cc3ccco3)c(=O)c2[nH]1. The molecule has 0 bridgehead atoms. The van der Waals surface area contributed by atoms with Gasteiger partial charge in [0.2, 0.25) is 5.91 Å². The van der Waals surface area contributed by atoms with Gasteiger partial charge in [-0.3, -0.25) is 14.2 Å². The maximum atomic E-state index is 13.0. The average molecular weight is 426 g/mol. The molecule has 0 spiro atoms. The minimum atomic E-state index is -0.323. The van der Waals surface area contributed by atoms with E-state index in [0.717, 1.165) is 11.3 Å². The molecule has 2 N–H and O–H groups in total. The number of hydrogen-bond donors (Lipinski definition) is 2. The Morgan fingerprint density at radius 1 is 1.30 bits per heavy atom. The lowest BCUT2D eigenvalue weighted by molar-refractivity contribution is -0.118. The van der Waals surface area contributed by atoms with Crippen molar-refractivity contribution in [3.8, 4) is 0 Å². The number of fused-ring (bicyclic) bond motifs is 1. The first-order chi connectivity index (χ1) is 14.5. The number of hydrogen-bond acceptors (Lipinski definition) is 5. The van der Waals surface area contributed by atoms with Crippen LogP contribution in [-0.4, -0.2) is 26.2 Å². The molecule has 4 aromatic rings. The van der Waals surface area contributed by atoms with Crippen LogP contribution in [0.15, 0.2) is 63.1 Å². The number of amides is 1. The number of aromatic amines is 1. The molecular weight excluding hydrogens is 407 g/mol. The molecular formula is C21H19FN4O3S. The molecule has 3 aromatic heterocycles. The van der Waals surface area contributed by atoms with E-state index in [2.05, 4.69) is 15.3 Å². The van der Waals surface area contributed by atoms with Gasteiger partial charge in [-0.25, -0.2) is 9.37 Å². The molecule has 154 valence electrons. The summed E-state index contributed by atoms with van der Waals surface area (Å²) in [6.45, 7) is 2.36. The summed E-state index contributed by atoms with van der Waals surface area (Å²) >= 11 is 1.18. The lowest BCUT2D eigenvalue weighted by Crippen LogP contribution is -2.27. The van der Waals surface area contributed by atoms with Gasteiger partial charge < -0.3 is 14.7 Å². The Morgan fingerprint density at radius 3 is 2.83 bits per heavy atom. The van der Waals surface area contributed by atoms with E-state index in [1.54, 1.807) is 36.6 Å². The van der Waals surface area contributed by atoms with Crippen LogP contribution < -0.4 is 10.9 Å².